The second-order valence-electron chi connectivity index (χ2n) is 17.7. The van der Waals surface area contributed by atoms with Gasteiger partial charge in [-0.05, 0) is 67.9 Å². The molecule has 0 saturated carbocycles. The van der Waals surface area contributed by atoms with E-state index in [-0.39, 0.29) is 41.3 Å². The van der Waals surface area contributed by atoms with Crippen molar-refractivity contribution in [3.63, 3.8) is 0 Å². The molecule has 2 saturated heterocycles. The molecule has 0 aliphatic carbocycles. The van der Waals surface area contributed by atoms with Crippen LogP contribution in [0, 0.1) is 17.7 Å². The maximum atomic E-state index is 16.8. The third-order valence-corrected chi connectivity index (χ3v) is 13.8. The summed E-state index contributed by atoms with van der Waals surface area (Å²) in [4.78, 5) is 76.7. The Morgan fingerprint density at radius 3 is 1.90 bits per heavy atom. The summed E-state index contributed by atoms with van der Waals surface area (Å²) >= 11 is 1.33. The van der Waals surface area contributed by atoms with Crippen LogP contribution in [-0.2, 0) is 19.1 Å². The summed E-state index contributed by atoms with van der Waals surface area (Å²) in [6.07, 6.45) is 5.92. The van der Waals surface area contributed by atoms with Gasteiger partial charge in [-0.25, -0.2) is 28.9 Å². The molecule has 3 aliphatic rings. The van der Waals surface area contributed by atoms with E-state index < -0.39 is 36.3 Å². The minimum Gasteiger partial charge on any atom is -0.473 e. The van der Waals surface area contributed by atoms with Crippen LogP contribution < -0.4 is 20.1 Å². The van der Waals surface area contributed by atoms with Gasteiger partial charge in [0.25, 0.3) is 5.19 Å². The van der Waals surface area contributed by atoms with Gasteiger partial charge in [-0.1, -0.05) is 45.1 Å². The van der Waals surface area contributed by atoms with Crippen molar-refractivity contribution in [2.24, 2.45) is 11.8 Å². The molecular weight excluding hydrogens is 884 g/mol. The van der Waals surface area contributed by atoms with E-state index in [1.54, 1.807) is 41.6 Å². The number of hydrogen-bond donors (Lipinski definition) is 4. The first-order chi connectivity index (χ1) is 32.3. The molecule has 4 N–H and O–H groups in total. The number of likely N-dealkylation sites (tertiary alicyclic amines) is 2. The zero-order chi connectivity index (χ0) is 47.3. The molecule has 18 nitrogen and oxygen atoms in total. The van der Waals surface area contributed by atoms with Gasteiger partial charge in [0.05, 0.1) is 85.0 Å². The van der Waals surface area contributed by atoms with Crippen LogP contribution >= 0.6 is 11.3 Å². The number of ether oxygens (including phenoxy) is 4. The van der Waals surface area contributed by atoms with E-state index in [2.05, 4.69) is 30.6 Å². The number of carbonyl (C=O) groups is 4. The number of nitrogens with zero attached hydrogens (tertiary/aromatic N) is 6. The molecule has 2 aromatic carbocycles. The normalized spacial score (nSPS) is 18.7. The Bertz CT molecular complexity index is 2850. The van der Waals surface area contributed by atoms with Gasteiger partial charge in [-0.3, -0.25) is 14.2 Å². The summed E-state index contributed by atoms with van der Waals surface area (Å²) in [5.41, 5.74) is 4.31. The molecular formula is C47H53FN10O8S. The molecule has 4 amide bonds. The first kappa shape index (κ1) is 45.2. The number of fused-ring (bicyclic) bond motifs is 5. The lowest BCUT2D eigenvalue weighted by Crippen LogP contribution is -2.51. The van der Waals surface area contributed by atoms with Gasteiger partial charge < -0.3 is 49.3 Å². The smallest absolute Gasteiger partial charge is 0.407 e. The topological polar surface area (TPSA) is 211 Å². The minimum absolute atomic E-state index is 0.160. The summed E-state index contributed by atoms with van der Waals surface area (Å²) in [5.74, 6) is 0.244. The number of aromatic amines is 2. The molecule has 0 radical (unpaired) electrons. The maximum absolute atomic E-state index is 16.8. The number of rotatable bonds is 12. The van der Waals surface area contributed by atoms with Crippen LogP contribution in [0.1, 0.15) is 88.2 Å². The van der Waals surface area contributed by atoms with Crippen molar-refractivity contribution >= 4 is 46.2 Å². The molecule has 0 bridgehead atoms. The fourth-order valence-corrected chi connectivity index (χ4v) is 10.2. The lowest BCUT2D eigenvalue weighted by atomic mass is 10.0. The lowest BCUT2D eigenvalue weighted by Gasteiger charge is -2.30. The van der Waals surface area contributed by atoms with Crippen molar-refractivity contribution < 1.29 is 42.5 Å². The fraction of sp³-hybridized carbons (Fsp3) is 0.426. The number of carbonyl (C=O) groups excluding carboxylic acids is 4. The number of benzene rings is 2. The molecule has 0 spiro atoms. The van der Waals surface area contributed by atoms with Crippen LogP contribution in [-0.4, -0.2) is 110 Å². The summed E-state index contributed by atoms with van der Waals surface area (Å²) in [6.45, 7) is 8.51. The van der Waals surface area contributed by atoms with Gasteiger partial charge >= 0.3 is 12.2 Å². The van der Waals surface area contributed by atoms with Crippen molar-refractivity contribution in [2.75, 3.05) is 34.4 Å². The number of aromatic nitrogens is 6. The monoisotopic (exact) mass is 936 g/mol. The number of H-pyrrole nitrogens is 2. The molecule has 4 aromatic heterocycles. The number of imidazole rings is 2. The van der Waals surface area contributed by atoms with Crippen LogP contribution in [0.15, 0.2) is 55.0 Å². The van der Waals surface area contributed by atoms with E-state index in [0.29, 0.717) is 65.5 Å². The molecule has 7 heterocycles. The van der Waals surface area contributed by atoms with Crippen molar-refractivity contribution in [1.82, 2.24) is 49.9 Å². The quantitative estimate of drug-likeness (QED) is 0.0933. The number of thiazole rings is 1. The molecule has 67 heavy (non-hydrogen) atoms. The highest BCUT2D eigenvalue weighted by Crippen LogP contribution is 2.48. The molecule has 2 fully saturated rings. The number of halogens is 1. The van der Waals surface area contributed by atoms with Gasteiger partial charge in [-0.15, -0.1) is 0 Å². The first-order valence-corrected chi connectivity index (χ1v) is 23.2. The van der Waals surface area contributed by atoms with Gasteiger partial charge in [-0.2, -0.15) is 0 Å². The second-order valence-corrected chi connectivity index (χ2v) is 18.7. The average molecular weight is 937 g/mol. The predicted molar refractivity (Wildman–Crippen MR) is 246 cm³/mol. The highest BCUT2D eigenvalue weighted by atomic mass is 32.1. The number of methoxy groups -OCH3 is 3. The van der Waals surface area contributed by atoms with Crippen molar-refractivity contribution in [1.29, 1.82) is 0 Å². The van der Waals surface area contributed by atoms with Crippen LogP contribution in [0.5, 0.6) is 10.9 Å². The Kier molecular flexibility index (Phi) is 12.4. The molecule has 352 valence electrons. The lowest BCUT2D eigenvalue weighted by molar-refractivity contribution is -0.136. The Labute approximate surface area is 389 Å². The van der Waals surface area contributed by atoms with E-state index in [0.717, 1.165) is 39.9 Å². The van der Waals surface area contributed by atoms with E-state index >= 15 is 4.39 Å². The molecule has 3 aliphatic heterocycles. The zero-order valence-electron chi connectivity index (χ0n) is 38.2. The average Bonchev–Trinajstić information content (AvgIpc) is 4.18. The molecule has 20 heteroatoms. The number of nitrogens with one attached hydrogen (secondary N) is 4. The summed E-state index contributed by atoms with van der Waals surface area (Å²) < 4.78 is 40.6. The second kappa shape index (κ2) is 18.4. The molecule has 6 aromatic rings. The Hall–Kier alpha value is -6.96. The van der Waals surface area contributed by atoms with E-state index in [1.165, 1.54) is 31.6 Å². The van der Waals surface area contributed by atoms with E-state index in [4.69, 9.17) is 23.9 Å². The van der Waals surface area contributed by atoms with Crippen LogP contribution in [0.2, 0.25) is 0 Å². The number of amides is 4. The highest BCUT2D eigenvalue weighted by molar-refractivity contribution is 7.13. The first-order valence-electron chi connectivity index (χ1n) is 22.3. The third-order valence-electron chi connectivity index (χ3n) is 12.8. The Balaban J connectivity index is 1.03. The van der Waals surface area contributed by atoms with Gasteiger partial charge in [0.2, 0.25) is 18.0 Å². The SMILES string of the molecule is COC(=O)N[C@H](C(=O)N1CCC[C@H]1c1ncc(-c2cc(F)c3c(c2)OC(c2cnc(OC)s2)n2c-3cc3cc(-c4cnc([C@@H]5CCCN5C(=O)[C@@H](NC(=O)OC)C(C)C)[nH]4)ccc32)[nH]1)C(C)C. The summed E-state index contributed by atoms with van der Waals surface area (Å²) in [6, 6.07) is 8.92. The van der Waals surface area contributed by atoms with Crippen molar-refractivity contribution in [2.45, 2.75) is 83.8 Å². The van der Waals surface area contributed by atoms with Crippen molar-refractivity contribution in [3.05, 3.63) is 77.3 Å². The zero-order valence-corrected chi connectivity index (χ0v) is 39.0. The van der Waals surface area contributed by atoms with Gasteiger partial charge in [0.1, 0.15) is 35.3 Å². The summed E-state index contributed by atoms with van der Waals surface area (Å²) in [7, 11) is 4.08. The highest BCUT2D eigenvalue weighted by Gasteiger charge is 2.40. The summed E-state index contributed by atoms with van der Waals surface area (Å²) in [5, 5.41) is 6.64. The Morgan fingerprint density at radius 2 is 1.36 bits per heavy atom. The number of hydrogen-bond acceptors (Lipinski definition) is 12. The molecule has 1 unspecified atom stereocenters. The molecule has 9 rings (SSSR count). The molecule has 5 atom stereocenters. The third kappa shape index (κ3) is 8.42. The van der Waals surface area contributed by atoms with Crippen LogP contribution in [0.4, 0.5) is 14.0 Å². The standard InChI is InChI=1S/C47H53FN10O8S/c1-23(2)38(54-45(61)63-5)42(59)56-14-8-10-32(56)40-49-20-29(52-40)25-12-13-31-27(16-25)18-34-37-28(48)17-26(19-35(37)66-44(58(31)34)36-22-51-47(65-7)67-36)30-21-50-41(53-30)33-11-9-15-57(33)43(60)39(24(3)4)55-46(62)64-6/h12-13,16-24,32-33,38-39,44H,8-11,14-15H2,1-7H3,(H,49,52)(H,50,53)(H,54,61)(H,55,62)/t32-,33-,38-,39-,44?/m0/s1. The fourth-order valence-electron chi connectivity index (χ4n) is 9.46. The van der Waals surface area contributed by atoms with Crippen LogP contribution in [0.3, 0.4) is 0 Å². The predicted octanol–water partition coefficient (Wildman–Crippen LogP) is 7.72. The van der Waals surface area contributed by atoms with Gasteiger partial charge in [0, 0.05) is 29.6 Å². The minimum atomic E-state index is -0.782. The van der Waals surface area contributed by atoms with Crippen LogP contribution in [0.25, 0.3) is 44.7 Å². The van der Waals surface area contributed by atoms with E-state index in [1.807, 2.05) is 56.5 Å². The maximum Gasteiger partial charge on any atom is 0.407 e. The van der Waals surface area contributed by atoms with Gasteiger partial charge in [0.15, 0.2) is 0 Å². The van der Waals surface area contributed by atoms with Crippen molar-refractivity contribution in [3.8, 4) is 44.7 Å². The number of alkyl carbamates (subject to hydrolysis) is 2. The largest absolute Gasteiger partial charge is 0.473 e. The Morgan fingerprint density at radius 1 is 0.776 bits per heavy atom. The van der Waals surface area contributed by atoms with E-state index in [9.17, 15) is 19.2 Å².